The predicted molar refractivity (Wildman–Crippen MR) is 83.8 cm³/mol. The summed E-state index contributed by atoms with van der Waals surface area (Å²) < 4.78 is 5.96. The Labute approximate surface area is 128 Å². The first-order valence-electron chi connectivity index (χ1n) is 6.54. The van der Waals surface area contributed by atoms with Crippen LogP contribution in [0.3, 0.4) is 0 Å². The second kappa shape index (κ2) is 5.28. The van der Waals surface area contributed by atoms with Gasteiger partial charge in [-0.25, -0.2) is 0 Å². The number of benzene rings is 2. The van der Waals surface area contributed by atoms with Crippen molar-refractivity contribution in [1.82, 2.24) is 0 Å². The molecular formula is C16H15Cl2NO. The second-order valence-corrected chi connectivity index (χ2v) is 5.95. The van der Waals surface area contributed by atoms with Crippen LogP contribution in [0.15, 0.2) is 30.3 Å². The molecule has 1 heterocycles. The fourth-order valence-electron chi connectivity index (χ4n) is 2.63. The smallest absolute Gasteiger partial charge is 0.131 e. The van der Waals surface area contributed by atoms with Gasteiger partial charge in [-0.05, 0) is 42.3 Å². The summed E-state index contributed by atoms with van der Waals surface area (Å²) in [5.41, 5.74) is 9.97. The number of rotatable bonds is 2. The number of halogens is 2. The summed E-state index contributed by atoms with van der Waals surface area (Å²) in [4.78, 5) is 0. The Hall–Kier alpha value is -1.22. The van der Waals surface area contributed by atoms with Crippen LogP contribution < -0.4 is 10.5 Å². The van der Waals surface area contributed by atoms with Crippen LogP contribution in [0.4, 0.5) is 0 Å². The molecule has 20 heavy (non-hydrogen) atoms. The van der Waals surface area contributed by atoms with Gasteiger partial charge in [0.25, 0.3) is 0 Å². The Kier molecular flexibility index (Phi) is 3.63. The highest BCUT2D eigenvalue weighted by Crippen LogP contribution is 2.42. The largest absolute Gasteiger partial charge is 0.488 e. The van der Waals surface area contributed by atoms with Crippen LogP contribution in [0.5, 0.6) is 5.75 Å². The SMILES string of the molecule is Cc1cc2c(c(-c3cc(Cl)ccc3Cl)c1)OC(CN)C2. The molecule has 0 spiro atoms. The van der Waals surface area contributed by atoms with Gasteiger partial charge >= 0.3 is 0 Å². The first-order chi connectivity index (χ1) is 9.58. The van der Waals surface area contributed by atoms with Gasteiger partial charge in [0.1, 0.15) is 11.9 Å². The van der Waals surface area contributed by atoms with E-state index < -0.39 is 0 Å². The van der Waals surface area contributed by atoms with Crippen molar-refractivity contribution < 1.29 is 4.74 Å². The van der Waals surface area contributed by atoms with Crippen LogP contribution in [0.2, 0.25) is 10.0 Å². The van der Waals surface area contributed by atoms with E-state index in [0.717, 1.165) is 23.3 Å². The summed E-state index contributed by atoms with van der Waals surface area (Å²) in [5.74, 6) is 0.884. The molecule has 0 saturated carbocycles. The number of hydrogen-bond donors (Lipinski definition) is 1. The van der Waals surface area contributed by atoms with E-state index in [0.29, 0.717) is 16.6 Å². The number of fused-ring (bicyclic) bond motifs is 1. The van der Waals surface area contributed by atoms with Crippen LogP contribution in [0.1, 0.15) is 11.1 Å². The van der Waals surface area contributed by atoms with Crippen molar-refractivity contribution in [2.75, 3.05) is 6.54 Å². The zero-order chi connectivity index (χ0) is 14.3. The molecule has 0 amide bonds. The van der Waals surface area contributed by atoms with Crippen LogP contribution in [0.25, 0.3) is 11.1 Å². The van der Waals surface area contributed by atoms with E-state index in [4.69, 9.17) is 33.7 Å². The Morgan fingerprint density at radius 3 is 2.75 bits per heavy atom. The van der Waals surface area contributed by atoms with E-state index in [1.165, 1.54) is 11.1 Å². The van der Waals surface area contributed by atoms with E-state index in [1.54, 1.807) is 6.07 Å². The van der Waals surface area contributed by atoms with Crippen molar-refractivity contribution in [3.63, 3.8) is 0 Å². The third-order valence-corrected chi connectivity index (χ3v) is 4.09. The molecule has 0 saturated heterocycles. The Morgan fingerprint density at radius 2 is 2.00 bits per heavy atom. The molecule has 1 aliphatic rings. The molecule has 1 aliphatic heterocycles. The van der Waals surface area contributed by atoms with E-state index in [2.05, 4.69) is 19.1 Å². The van der Waals surface area contributed by atoms with Gasteiger partial charge < -0.3 is 10.5 Å². The van der Waals surface area contributed by atoms with Crippen molar-refractivity contribution in [2.45, 2.75) is 19.4 Å². The summed E-state index contributed by atoms with van der Waals surface area (Å²) in [6.07, 6.45) is 0.891. The minimum atomic E-state index is 0.0449. The van der Waals surface area contributed by atoms with Crippen molar-refractivity contribution in [3.05, 3.63) is 51.5 Å². The number of ether oxygens (including phenoxy) is 1. The second-order valence-electron chi connectivity index (χ2n) is 5.10. The highest BCUT2D eigenvalue weighted by atomic mass is 35.5. The van der Waals surface area contributed by atoms with Crippen molar-refractivity contribution in [1.29, 1.82) is 0 Å². The molecule has 0 aliphatic carbocycles. The fraction of sp³-hybridized carbons (Fsp3) is 0.250. The molecule has 2 N–H and O–H groups in total. The van der Waals surface area contributed by atoms with E-state index in [1.807, 2.05) is 12.1 Å². The lowest BCUT2D eigenvalue weighted by molar-refractivity contribution is 0.242. The fourth-order valence-corrected chi connectivity index (χ4v) is 3.02. The van der Waals surface area contributed by atoms with Crippen molar-refractivity contribution in [3.8, 4) is 16.9 Å². The lowest BCUT2D eigenvalue weighted by Crippen LogP contribution is -2.24. The molecule has 1 atom stereocenters. The molecule has 0 aromatic heterocycles. The van der Waals surface area contributed by atoms with E-state index >= 15 is 0 Å². The lowest BCUT2D eigenvalue weighted by Gasteiger charge is -2.13. The van der Waals surface area contributed by atoms with Gasteiger partial charge in [0, 0.05) is 34.1 Å². The van der Waals surface area contributed by atoms with Crippen LogP contribution in [-0.4, -0.2) is 12.6 Å². The van der Waals surface area contributed by atoms with Crippen LogP contribution in [0, 0.1) is 6.92 Å². The van der Waals surface area contributed by atoms with Gasteiger partial charge in [-0.3, -0.25) is 0 Å². The highest BCUT2D eigenvalue weighted by molar-refractivity contribution is 6.35. The number of aryl methyl sites for hydroxylation is 1. The van der Waals surface area contributed by atoms with E-state index in [9.17, 15) is 0 Å². The third kappa shape index (κ3) is 2.39. The molecule has 0 bridgehead atoms. The predicted octanol–water partition coefficient (Wildman–Crippen LogP) is 4.23. The lowest BCUT2D eigenvalue weighted by atomic mass is 9.98. The minimum Gasteiger partial charge on any atom is -0.488 e. The summed E-state index contributed by atoms with van der Waals surface area (Å²) in [6, 6.07) is 9.69. The van der Waals surface area contributed by atoms with Crippen molar-refractivity contribution >= 4 is 23.2 Å². The van der Waals surface area contributed by atoms with Gasteiger partial charge in [-0.2, -0.15) is 0 Å². The maximum Gasteiger partial charge on any atom is 0.131 e. The molecular weight excluding hydrogens is 293 g/mol. The first-order valence-corrected chi connectivity index (χ1v) is 7.29. The van der Waals surface area contributed by atoms with Crippen LogP contribution >= 0.6 is 23.2 Å². The van der Waals surface area contributed by atoms with Gasteiger partial charge in [-0.1, -0.05) is 29.3 Å². The monoisotopic (exact) mass is 307 g/mol. The number of hydrogen-bond acceptors (Lipinski definition) is 2. The maximum absolute atomic E-state index is 6.32. The Morgan fingerprint density at radius 1 is 1.20 bits per heavy atom. The molecule has 1 unspecified atom stereocenters. The molecule has 0 fully saturated rings. The standard InChI is InChI=1S/C16H15Cl2NO/c1-9-4-10-6-12(8-19)20-16(10)14(5-9)13-7-11(17)2-3-15(13)18/h2-5,7,12H,6,8,19H2,1H3. The molecule has 4 heteroatoms. The van der Waals surface area contributed by atoms with E-state index in [-0.39, 0.29) is 6.10 Å². The summed E-state index contributed by atoms with van der Waals surface area (Å²) in [5, 5.41) is 1.33. The minimum absolute atomic E-state index is 0.0449. The maximum atomic E-state index is 6.32. The summed E-state index contributed by atoms with van der Waals surface area (Å²) in [7, 11) is 0. The molecule has 104 valence electrons. The highest BCUT2D eigenvalue weighted by Gasteiger charge is 2.26. The summed E-state index contributed by atoms with van der Waals surface area (Å²) in [6.45, 7) is 2.58. The molecule has 2 nitrogen and oxygen atoms in total. The normalized spacial score (nSPS) is 16.9. The van der Waals surface area contributed by atoms with Gasteiger partial charge in [-0.15, -0.1) is 0 Å². The van der Waals surface area contributed by atoms with Crippen LogP contribution in [-0.2, 0) is 6.42 Å². The molecule has 0 radical (unpaired) electrons. The van der Waals surface area contributed by atoms with Gasteiger partial charge in [0.05, 0.1) is 0 Å². The topological polar surface area (TPSA) is 35.2 Å². The molecule has 2 aromatic carbocycles. The molecule has 2 aromatic rings. The van der Waals surface area contributed by atoms with Gasteiger partial charge in [0.15, 0.2) is 0 Å². The van der Waals surface area contributed by atoms with Crippen molar-refractivity contribution in [2.24, 2.45) is 5.73 Å². The molecule has 3 rings (SSSR count). The quantitative estimate of drug-likeness (QED) is 0.901. The average Bonchev–Trinajstić information content (AvgIpc) is 2.83. The van der Waals surface area contributed by atoms with Gasteiger partial charge in [0.2, 0.25) is 0 Å². The number of nitrogens with two attached hydrogens (primary N) is 1. The Balaban J connectivity index is 2.18. The zero-order valence-electron chi connectivity index (χ0n) is 11.1. The average molecular weight is 308 g/mol. The third-order valence-electron chi connectivity index (χ3n) is 3.52. The summed E-state index contributed by atoms with van der Waals surface area (Å²) >= 11 is 12.4. The Bertz CT molecular complexity index is 670. The first kappa shape index (κ1) is 13.7. The zero-order valence-corrected chi connectivity index (χ0v) is 12.6.